The summed E-state index contributed by atoms with van der Waals surface area (Å²) in [5.74, 6) is 3.21. The second kappa shape index (κ2) is 6.04. The predicted molar refractivity (Wildman–Crippen MR) is 75.1 cm³/mol. The molecular weight excluding hydrogens is 206 g/mol. The second-order valence-electron chi connectivity index (χ2n) is 6.59. The first-order valence-electron chi connectivity index (χ1n) is 7.54. The van der Waals surface area contributed by atoms with Gasteiger partial charge in [-0.05, 0) is 63.3 Å². The molecule has 1 heteroatoms. The fourth-order valence-corrected chi connectivity index (χ4v) is 3.81. The number of rotatable bonds is 6. The third-order valence-corrected chi connectivity index (χ3v) is 4.66. The summed E-state index contributed by atoms with van der Waals surface area (Å²) in [7, 11) is 0. The van der Waals surface area contributed by atoms with Gasteiger partial charge in [0.15, 0.2) is 0 Å². The van der Waals surface area contributed by atoms with Gasteiger partial charge in [-0.2, -0.15) is 0 Å². The lowest BCUT2D eigenvalue weighted by Crippen LogP contribution is -2.23. The van der Waals surface area contributed by atoms with Gasteiger partial charge in [0.05, 0.1) is 0 Å². The number of nitrogens with one attached hydrogen (secondary N) is 1. The maximum absolute atomic E-state index is 3.48. The van der Waals surface area contributed by atoms with Crippen LogP contribution in [0.2, 0.25) is 0 Å². The van der Waals surface area contributed by atoms with Crippen LogP contribution in [0, 0.1) is 17.8 Å². The molecule has 0 spiro atoms. The van der Waals surface area contributed by atoms with E-state index in [0.29, 0.717) is 6.04 Å². The summed E-state index contributed by atoms with van der Waals surface area (Å²) in [5, 5.41) is 3.48. The van der Waals surface area contributed by atoms with Crippen molar-refractivity contribution in [3.63, 3.8) is 0 Å². The predicted octanol–water partition coefficient (Wildman–Crippen LogP) is 4.15. The highest BCUT2D eigenvalue weighted by molar-refractivity contribution is 5.03. The first kappa shape index (κ1) is 13.1. The monoisotopic (exact) mass is 235 g/mol. The van der Waals surface area contributed by atoms with Gasteiger partial charge in [-0.15, -0.1) is 0 Å². The molecule has 1 N–H and O–H groups in total. The molecule has 3 unspecified atom stereocenters. The number of hydrogen-bond acceptors (Lipinski definition) is 1. The number of hydrogen-bond donors (Lipinski definition) is 1. The maximum Gasteiger partial charge on any atom is 0.00105 e. The van der Waals surface area contributed by atoms with Gasteiger partial charge in [-0.3, -0.25) is 0 Å². The van der Waals surface area contributed by atoms with E-state index in [1.54, 1.807) is 12.0 Å². The molecule has 2 bridgehead atoms. The van der Waals surface area contributed by atoms with E-state index >= 15 is 0 Å². The molecule has 0 aromatic heterocycles. The van der Waals surface area contributed by atoms with Crippen molar-refractivity contribution < 1.29 is 0 Å². The highest BCUT2D eigenvalue weighted by Crippen LogP contribution is 2.50. The van der Waals surface area contributed by atoms with Crippen LogP contribution in [0.5, 0.6) is 0 Å². The van der Waals surface area contributed by atoms with Crippen molar-refractivity contribution in [2.45, 2.75) is 65.3 Å². The Bertz CT molecular complexity index is 267. The Morgan fingerprint density at radius 3 is 2.71 bits per heavy atom. The summed E-state index contributed by atoms with van der Waals surface area (Å²) in [6, 6.07) is 0.620. The Morgan fingerprint density at radius 1 is 1.29 bits per heavy atom. The van der Waals surface area contributed by atoms with Crippen LogP contribution in [0.1, 0.15) is 59.3 Å². The highest BCUT2D eigenvalue weighted by Gasteiger charge is 2.38. The van der Waals surface area contributed by atoms with E-state index < -0.39 is 0 Å². The Labute approximate surface area is 107 Å². The zero-order chi connectivity index (χ0) is 12.3. The molecule has 0 aromatic rings. The summed E-state index contributed by atoms with van der Waals surface area (Å²) in [5.41, 5.74) is 1.63. The van der Waals surface area contributed by atoms with Crippen LogP contribution in [0.15, 0.2) is 11.6 Å². The third-order valence-electron chi connectivity index (χ3n) is 4.66. The summed E-state index contributed by atoms with van der Waals surface area (Å²) in [6.07, 6.45) is 11.2. The molecule has 3 atom stereocenters. The Morgan fingerprint density at radius 2 is 2.12 bits per heavy atom. The molecule has 2 aliphatic carbocycles. The van der Waals surface area contributed by atoms with E-state index in [2.05, 4.69) is 32.2 Å². The van der Waals surface area contributed by atoms with Crippen LogP contribution < -0.4 is 5.32 Å². The lowest BCUT2D eigenvalue weighted by Gasteiger charge is -2.21. The van der Waals surface area contributed by atoms with Crippen LogP contribution in [0.4, 0.5) is 0 Å². The van der Waals surface area contributed by atoms with Gasteiger partial charge in [0, 0.05) is 6.04 Å². The molecule has 98 valence electrons. The van der Waals surface area contributed by atoms with Gasteiger partial charge in [0.2, 0.25) is 0 Å². The first-order chi connectivity index (χ1) is 8.15. The Balaban J connectivity index is 1.66. The molecule has 2 rings (SSSR count). The van der Waals surface area contributed by atoms with Crippen molar-refractivity contribution in [1.29, 1.82) is 0 Å². The molecule has 17 heavy (non-hydrogen) atoms. The quantitative estimate of drug-likeness (QED) is 0.539. The van der Waals surface area contributed by atoms with Crippen molar-refractivity contribution in [2.75, 3.05) is 6.54 Å². The van der Waals surface area contributed by atoms with Gasteiger partial charge in [0.1, 0.15) is 0 Å². The zero-order valence-corrected chi connectivity index (χ0v) is 11.8. The minimum absolute atomic E-state index is 0.620. The molecule has 0 saturated heterocycles. The molecule has 2 saturated carbocycles. The minimum atomic E-state index is 0.620. The van der Waals surface area contributed by atoms with Crippen molar-refractivity contribution >= 4 is 0 Å². The maximum atomic E-state index is 3.48. The van der Waals surface area contributed by atoms with E-state index in [9.17, 15) is 0 Å². The summed E-state index contributed by atoms with van der Waals surface area (Å²) < 4.78 is 0. The normalized spacial score (nSPS) is 32.7. The standard InChI is InChI=1S/C16H29N/c1-12(2)17-8-4-5-13(3)9-16-11-14-6-7-15(16)10-14/h5,12,14-17H,4,6-11H2,1-3H3. The Kier molecular flexibility index (Phi) is 4.67. The number of allylic oxidation sites excluding steroid dienone is 1. The lowest BCUT2D eigenvalue weighted by atomic mass is 9.84. The fraction of sp³-hybridized carbons (Fsp3) is 0.875. The average molecular weight is 235 g/mol. The molecule has 0 aromatic carbocycles. The Hall–Kier alpha value is -0.300. The zero-order valence-electron chi connectivity index (χ0n) is 11.8. The molecule has 2 fully saturated rings. The first-order valence-corrected chi connectivity index (χ1v) is 7.54. The van der Waals surface area contributed by atoms with Crippen molar-refractivity contribution in [2.24, 2.45) is 17.8 Å². The second-order valence-corrected chi connectivity index (χ2v) is 6.59. The molecular formula is C16H29N. The van der Waals surface area contributed by atoms with Crippen molar-refractivity contribution in [1.82, 2.24) is 5.32 Å². The van der Waals surface area contributed by atoms with Crippen LogP contribution in [-0.4, -0.2) is 12.6 Å². The fourth-order valence-electron chi connectivity index (χ4n) is 3.81. The van der Waals surface area contributed by atoms with Crippen LogP contribution in [0.25, 0.3) is 0 Å². The topological polar surface area (TPSA) is 12.0 Å². The smallest absolute Gasteiger partial charge is 0.00105 e. The van der Waals surface area contributed by atoms with E-state index in [0.717, 1.165) is 24.3 Å². The highest BCUT2D eigenvalue weighted by atomic mass is 14.9. The van der Waals surface area contributed by atoms with E-state index in [-0.39, 0.29) is 0 Å². The summed E-state index contributed by atoms with van der Waals surface area (Å²) >= 11 is 0. The largest absolute Gasteiger partial charge is 0.314 e. The van der Waals surface area contributed by atoms with Gasteiger partial charge in [0.25, 0.3) is 0 Å². The molecule has 0 heterocycles. The SMILES string of the molecule is CC(=CCCNC(C)C)CC1CC2CCC1C2. The van der Waals surface area contributed by atoms with Gasteiger partial charge < -0.3 is 5.32 Å². The van der Waals surface area contributed by atoms with E-state index in [1.807, 2.05) is 0 Å². The van der Waals surface area contributed by atoms with Crippen LogP contribution >= 0.6 is 0 Å². The van der Waals surface area contributed by atoms with Crippen molar-refractivity contribution in [3.05, 3.63) is 11.6 Å². The van der Waals surface area contributed by atoms with Crippen LogP contribution in [-0.2, 0) is 0 Å². The molecule has 1 nitrogen and oxygen atoms in total. The van der Waals surface area contributed by atoms with E-state index in [1.165, 1.54) is 32.1 Å². The van der Waals surface area contributed by atoms with Gasteiger partial charge >= 0.3 is 0 Å². The van der Waals surface area contributed by atoms with Gasteiger partial charge in [-0.1, -0.05) is 31.9 Å². The molecule has 0 amide bonds. The third kappa shape index (κ3) is 3.84. The lowest BCUT2D eigenvalue weighted by molar-refractivity contribution is 0.330. The average Bonchev–Trinajstić information content (AvgIpc) is 2.86. The molecule has 0 radical (unpaired) electrons. The van der Waals surface area contributed by atoms with E-state index in [4.69, 9.17) is 0 Å². The summed E-state index contributed by atoms with van der Waals surface area (Å²) in [6.45, 7) is 7.89. The minimum Gasteiger partial charge on any atom is -0.314 e. The van der Waals surface area contributed by atoms with Crippen molar-refractivity contribution in [3.8, 4) is 0 Å². The molecule has 0 aliphatic heterocycles. The summed E-state index contributed by atoms with van der Waals surface area (Å²) in [4.78, 5) is 0. The molecule has 2 aliphatic rings. The van der Waals surface area contributed by atoms with Gasteiger partial charge in [-0.25, -0.2) is 0 Å². The van der Waals surface area contributed by atoms with Crippen LogP contribution in [0.3, 0.4) is 0 Å². The number of fused-ring (bicyclic) bond motifs is 2.